The summed E-state index contributed by atoms with van der Waals surface area (Å²) >= 11 is 0. The maximum Gasteiger partial charge on any atom is 0.206 e. The Kier molecular flexibility index (Phi) is 7.82. The molecule has 0 spiro atoms. The molecule has 0 aliphatic carbocycles. The van der Waals surface area contributed by atoms with Crippen LogP contribution in [-0.2, 0) is 19.7 Å². The van der Waals surface area contributed by atoms with Gasteiger partial charge >= 0.3 is 0 Å². The van der Waals surface area contributed by atoms with Crippen molar-refractivity contribution in [2.45, 2.75) is 9.79 Å². The minimum atomic E-state index is -3.60. The van der Waals surface area contributed by atoms with E-state index in [1.807, 2.05) is 12.1 Å². The first-order chi connectivity index (χ1) is 17.2. The second kappa shape index (κ2) is 11.0. The molecule has 0 aliphatic heterocycles. The van der Waals surface area contributed by atoms with Crippen LogP contribution in [0.4, 0.5) is 11.5 Å². The van der Waals surface area contributed by atoms with E-state index in [-0.39, 0.29) is 15.5 Å². The van der Waals surface area contributed by atoms with Crippen LogP contribution >= 0.6 is 0 Å². The standard InChI is InChI=1S/C25H26N4O5S2/c1-35(30,31)16-14-26-13-15-34-20-9-12-24-23(17-20)25(28-18-27-24)29-19-7-10-22(11-8-19)36(32,33)21-5-3-2-4-6-21/h2-12,17-18,26H,13-16H2,1H3,(H,27,28,29). The molecule has 0 fully saturated rings. The monoisotopic (exact) mass is 526 g/mol. The smallest absolute Gasteiger partial charge is 0.206 e. The third kappa shape index (κ3) is 6.56. The van der Waals surface area contributed by atoms with Crippen LogP contribution in [0.5, 0.6) is 5.75 Å². The van der Waals surface area contributed by atoms with Gasteiger partial charge in [0.1, 0.15) is 34.3 Å². The van der Waals surface area contributed by atoms with E-state index in [1.165, 1.54) is 12.6 Å². The van der Waals surface area contributed by atoms with E-state index in [0.717, 1.165) is 10.9 Å². The van der Waals surface area contributed by atoms with Gasteiger partial charge in [0.25, 0.3) is 0 Å². The summed E-state index contributed by atoms with van der Waals surface area (Å²) in [6.45, 7) is 1.23. The summed E-state index contributed by atoms with van der Waals surface area (Å²) in [6.07, 6.45) is 2.65. The highest BCUT2D eigenvalue weighted by Crippen LogP contribution is 2.28. The highest BCUT2D eigenvalue weighted by atomic mass is 32.2. The maximum atomic E-state index is 12.8. The maximum absolute atomic E-state index is 12.8. The summed E-state index contributed by atoms with van der Waals surface area (Å²) in [4.78, 5) is 9.08. The third-order valence-corrected chi connectivity index (χ3v) is 8.02. The Morgan fingerprint density at radius 1 is 0.833 bits per heavy atom. The highest BCUT2D eigenvalue weighted by molar-refractivity contribution is 7.91. The zero-order valence-electron chi connectivity index (χ0n) is 19.6. The Bertz CT molecular complexity index is 1540. The molecule has 0 radical (unpaired) electrons. The number of anilines is 2. The zero-order valence-corrected chi connectivity index (χ0v) is 21.2. The van der Waals surface area contributed by atoms with Crippen molar-refractivity contribution < 1.29 is 21.6 Å². The molecule has 0 amide bonds. The second-order valence-corrected chi connectivity index (χ2v) is 12.3. The largest absolute Gasteiger partial charge is 0.492 e. The lowest BCUT2D eigenvalue weighted by Gasteiger charge is -2.12. The lowest BCUT2D eigenvalue weighted by Crippen LogP contribution is -2.26. The SMILES string of the molecule is CS(=O)(=O)CCNCCOc1ccc2ncnc(Nc3ccc(S(=O)(=O)c4ccccc4)cc3)c2c1. The zero-order chi connectivity index (χ0) is 25.6. The Balaban J connectivity index is 1.44. The number of nitrogens with zero attached hydrogens (tertiary/aromatic N) is 2. The van der Waals surface area contributed by atoms with Gasteiger partial charge in [0.15, 0.2) is 0 Å². The van der Waals surface area contributed by atoms with Gasteiger partial charge in [-0.1, -0.05) is 18.2 Å². The van der Waals surface area contributed by atoms with Crippen LogP contribution in [-0.4, -0.2) is 58.5 Å². The van der Waals surface area contributed by atoms with Gasteiger partial charge in [0.2, 0.25) is 9.84 Å². The van der Waals surface area contributed by atoms with E-state index in [1.54, 1.807) is 60.7 Å². The topological polar surface area (TPSA) is 127 Å². The Hall–Kier alpha value is -3.54. The van der Waals surface area contributed by atoms with Crippen LogP contribution in [0.2, 0.25) is 0 Å². The molecule has 0 saturated heterocycles. The van der Waals surface area contributed by atoms with Crippen molar-refractivity contribution in [1.29, 1.82) is 0 Å². The van der Waals surface area contributed by atoms with Crippen molar-refractivity contribution in [3.63, 3.8) is 0 Å². The molecule has 2 N–H and O–H groups in total. The summed E-state index contributed by atoms with van der Waals surface area (Å²) < 4.78 is 53.8. The van der Waals surface area contributed by atoms with Crippen molar-refractivity contribution in [3.8, 4) is 5.75 Å². The lowest BCUT2D eigenvalue weighted by atomic mass is 10.2. The predicted octanol–water partition coefficient (Wildman–Crippen LogP) is 3.22. The fourth-order valence-electron chi connectivity index (χ4n) is 3.44. The number of hydrogen-bond acceptors (Lipinski definition) is 9. The number of rotatable bonds is 11. The van der Waals surface area contributed by atoms with Gasteiger partial charge < -0.3 is 15.4 Å². The van der Waals surface area contributed by atoms with E-state index in [2.05, 4.69) is 20.6 Å². The van der Waals surface area contributed by atoms with Gasteiger partial charge in [0, 0.05) is 30.4 Å². The number of benzene rings is 3. The lowest BCUT2D eigenvalue weighted by molar-refractivity contribution is 0.316. The molecule has 4 aromatic rings. The molecule has 9 nitrogen and oxygen atoms in total. The van der Waals surface area contributed by atoms with Crippen molar-refractivity contribution in [2.24, 2.45) is 0 Å². The molecule has 0 aliphatic rings. The summed E-state index contributed by atoms with van der Waals surface area (Å²) in [7, 11) is -6.59. The molecule has 1 aromatic heterocycles. The van der Waals surface area contributed by atoms with E-state index < -0.39 is 19.7 Å². The summed E-state index contributed by atoms with van der Waals surface area (Å²) in [5.74, 6) is 1.25. The van der Waals surface area contributed by atoms with Gasteiger partial charge in [-0.25, -0.2) is 26.8 Å². The van der Waals surface area contributed by atoms with Crippen LogP contribution in [0.15, 0.2) is 88.9 Å². The van der Waals surface area contributed by atoms with Crippen molar-refractivity contribution in [1.82, 2.24) is 15.3 Å². The summed E-state index contributed by atoms with van der Waals surface area (Å²) in [5.41, 5.74) is 1.39. The number of sulfone groups is 2. The quantitative estimate of drug-likeness (QED) is 0.283. The molecule has 36 heavy (non-hydrogen) atoms. The number of hydrogen-bond donors (Lipinski definition) is 2. The normalized spacial score (nSPS) is 11.9. The summed E-state index contributed by atoms with van der Waals surface area (Å²) in [5, 5.41) is 6.99. The van der Waals surface area contributed by atoms with Gasteiger partial charge in [0.05, 0.1) is 21.1 Å². The highest BCUT2D eigenvalue weighted by Gasteiger charge is 2.17. The minimum Gasteiger partial charge on any atom is -0.492 e. The Morgan fingerprint density at radius 3 is 2.28 bits per heavy atom. The fraction of sp³-hybridized carbons (Fsp3) is 0.200. The molecule has 3 aromatic carbocycles. The van der Waals surface area contributed by atoms with Gasteiger partial charge in [-0.2, -0.15) is 0 Å². The fourth-order valence-corrected chi connectivity index (χ4v) is 5.24. The average Bonchev–Trinajstić information content (AvgIpc) is 2.86. The second-order valence-electron chi connectivity index (χ2n) is 8.10. The number of fused-ring (bicyclic) bond motifs is 1. The molecule has 1 heterocycles. The summed E-state index contributed by atoms with van der Waals surface area (Å²) in [6, 6.07) is 20.2. The molecule has 188 valence electrons. The van der Waals surface area contributed by atoms with Crippen LogP contribution in [0, 0.1) is 0 Å². The number of nitrogens with one attached hydrogen (secondary N) is 2. The van der Waals surface area contributed by atoms with E-state index in [4.69, 9.17) is 4.74 Å². The van der Waals surface area contributed by atoms with Gasteiger partial charge in [-0.15, -0.1) is 0 Å². The molecular formula is C25H26N4O5S2. The first-order valence-electron chi connectivity index (χ1n) is 11.2. The molecule has 4 rings (SSSR count). The molecule has 0 bridgehead atoms. The molecule has 0 atom stereocenters. The molecule has 11 heteroatoms. The van der Waals surface area contributed by atoms with Crippen LogP contribution in [0.3, 0.4) is 0 Å². The van der Waals surface area contributed by atoms with Crippen molar-refractivity contribution in [2.75, 3.05) is 37.0 Å². The number of ether oxygens (including phenoxy) is 1. The molecular weight excluding hydrogens is 500 g/mol. The number of aromatic nitrogens is 2. The predicted molar refractivity (Wildman–Crippen MR) is 139 cm³/mol. The Morgan fingerprint density at radius 2 is 1.56 bits per heavy atom. The van der Waals surface area contributed by atoms with Crippen molar-refractivity contribution >= 4 is 42.1 Å². The Labute approximate surface area is 210 Å². The van der Waals surface area contributed by atoms with Crippen LogP contribution in [0.1, 0.15) is 0 Å². The van der Waals surface area contributed by atoms with Gasteiger partial charge in [-0.3, -0.25) is 0 Å². The van der Waals surface area contributed by atoms with E-state index in [0.29, 0.717) is 37.0 Å². The first kappa shape index (κ1) is 25.5. The molecule has 0 saturated carbocycles. The average molecular weight is 527 g/mol. The first-order valence-corrected chi connectivity index (χ1v) is 14.7. The van der Waals surface area contributed by atoms with Crippen LogP contribution < -0.4 is 15.4 Å². The molecule has 0 unspecified atom stereocenters. The van der Waals surface area contributed by atoms with Gasteiger partial charge in [-0.05, 0) is 54.6 Å². The van der Waals surface area contributed by atoms with E-state index >= 15 is 0 Å². The van der Waals surface area contributed by atoms with Crippen LogP contribution in [0.25, 0.3) is 10.9 Å². The van der Waals surface area contributed by atoms with E-state index in [9.17, 15) is 16.8 Å². The minimum absolute atomic E-state index is 0.0779. The van der Waals surface area contributed by atoms with Crippen molar-refractivity contribution in [3.05, 3.63) is 79.1 Å². The third-order valence-electron chi connectivity index (χ3n) is 5.28.